The highest BCUT2D eigenvalue weighted by molar-refractivity contribution is 5.50. The maximum absolute atomic E-state index is 13.6. The summed E-state index contributed by atoms with van der Waals surface area (Å²) in [5.41, 5.74) is 0.480. The molecule has 0 saturated carbocycles. The number of aliphatic hydroxyl groups is 1. The number of halogens is 2. The van der Waals surface area contributed by atoms with Crippen LogP contribution in [0.3, 0.4) is 0 Å². The third-order valence-electron chi connectivity index (χ3n) is 2.39. The Labute approximate surface area is 108 Å². The van der Waals surface area contributed by atoms with E-state index in [0.29, 0.717) is 5.56 Å². The predicted octanol–water partition coefficient (Wildman–Crippen LogP) is 3.80. The van der Waals surface area contributed by atoms with Crippen LogP contribution in [0.4, 0.5) is 14.5 Å². The van der Waals surface area contributed by atoms with Crippen LogP contribution in [0.25, 0.3) is 4.85 Å². The second-order valence-corrected chi connectivity index (χ2v) is 3.78. The molecule has 2 aromatic carbocycles. The van der Waals surface area contributed by atoms with Crippen LogP contribution in [-0.2, 0) is 6.61 Å². The summed E-state index contributed by atoms with van der Waals surface area (Å²) in [6.07, 6.45) is 0. The number of hydrogen-bond donors (Lipinski definition) is 1. The molecule has 0 aliphatic carbocycles. The third kappa shape index (κ3) is 3.06. The van der Waals surface area contributed by atoms with Gasteiger partial charge in [-0.15, -0.1) is 0 Å². The van der Waals surface area contributed by atoms with Crippen LogP contribution in [0.2, 0.25) is 0 Å². The maximum atomic E-state index is 13.6. The minimum Gasteiger partial charge on any atom is -0.456 e. The fourth-order valence-corrected chi connectivity index (χ4v) is 1.52. The molecular formula is C14H9F2NO2. The van der Waals surface area contributed by atoms with E-state index in [0.717, 1.165) is 18.2 Å². The number of benzene rings is 2. The Hall–Kier alpha value is -2.45. The van der Waals surface area contributed by atoms with E-state index in [1.54, 1.807) is 0 Å². The smallest absolute Gasteiger partial charge is 0.193 e. The third-order valence-corrected chi connectivity index (χ3v) is 2.39. The molecule has 5 heteroatoms. The second-order valence-electron chi connectivity index (χ2n) is 3.78. The molecule has 2 aromatic rings. The van der Waals surface area contributed by atoms with E-state index in [2.05, 4.69) is 4.85 Å². The van der Waals surface area contributed by atoms with Crippen LogP contribution in [0.1, 0.15) is 5.56 Å². The Morgan fingerprint density at radius 2 is 1.95 bits per heavy atom. The van der Waals surface area contributed by atoms with Gasteiger partial charge < -0.3 is 9.84 Å². The Bertz CT molecular complexity index is 650. The van der Waals surface area contributed by atoms with Crippen molar-refractivity contribution in [1.29, 1.82) is 0 Å². The molecule has 0 aromatic heterocycles. The van der Waals surface area contributed by atoms with Crippen molar-refractivity contribution in [3.8, 4) is 11.5 Å². The van der Waals surface area contributed by atoms with Crippen molar-refractivity contribution in [3.05, 3.63) is 65.0 Å². The first-order valence-electron chi connectivity index (χ1n) is 5.37. The maximum Gasteiger partial charge on any atom is 0.193 e. The summed E-state index contributed by atoms with van der Waals surface area (Å²) in [5.74, 6) is -1.35. The standard InChI is InChI=1S/C14H9F2NO2/c1-17-11-5-10(15)6-12(7-11)19-14-3-2-9(8-18)4-13(14)16/h2-7,18H,8H2. The van der Waals surface area contributed by atoms with Crippen molar-refractivity contribution < 1.29 is 18.6 Å². The highest BCUT2D eigenvalue weighted by Crippen LogP contribution is 2.29. The van der Waals surface area contributed by atoms with Crippen LogP contribution in [0, 0.1) is 18.2 Å². The van der Waals surface area contributed by atoms with Gasteiger partial charge in [-0.25, -0.2) is 13.6 Å². The van der Waals surface area contributed by atoms with E-state index >= 15 is 0 Å². The Morgan fingerprint density at radius 1 is 1.16 bits per heavy atom. The van der Waals surface area contributed by atoms with Crippen molar-refractivity contribution in [2.75, 3.05) is 0 Å². The molecule has 3 nitrogen and oxygen atoms in total. The van der Waals surface area contributed by atoms with Gasteiger partial charge in [0.1, 0.15) is 11.6 Å². The van der Waals surface area contributed by atoms with E-state index in [1.807, 2.05) is 0 Å². The molecule has 0 spiro atoms. The summed E-state index contributed by atoms with van der Waals surface area (Å²) in [4.78, 5) is 3.09. The van der Waals surface area contributed by atoms with Crippen LogP contribution >= 0.6 is 0 Å². The van der Waals surface area contributed by atoms with Gasteiger partial charge in [0.05, 0.1) is 13.2 Å². The van der Waals surface area contributed by atoms with E-state index in [4.69, 9.17) is 16.4 Å². The predicted molar refractivity (Wildman–Crippen MR) is 65.1 cm³/mol. The monoisotopic (exact) mass is 261 g/mol. The van der Waals surface area contributed by atoms with Gasteiger partial charge in [0, 0.05) is 6.07 Å². The number of rotatable bonds is 3. The number of hydrogen-bond acceptors (Lipinski definition) is 2. The average molecular weight is 261 g/mol. The fourth-order valence-electron chi connectivity index (χ4n) is 1.52. The normalized spacial score (nSPS) is 10.0. The van der Waals surface area contributed by atoms with Crippen LogP contribution < -0.4 is 4.74 Å². The van der Waals surface area contributed by atoms with Crippen molar-refractivity contribution in [1.82, 2.24) is 0 Å². The van der Waals surface area contributed by atoms with Gasteiger partial charge in [-0.1, -0.05) is 6.07 Å². The fraction of sp³-hybridized carbons (Fsp3) is 0.0714. The highest BCUT2D eigenvalue weighted by Gasteiger charge is 2.08. The molecule has 0 heterocycles. The molecule has 0 aliphatic heterocycles. The molecular weight excluding hydrogens is 252 g/mol. The Kier molecular flexibility index (Phi) is 3.74. The molecule has 0 atom stereocenters. The number of nitrogens with zero attached hydrogens (tertiary/aromatic N) is 1. The molecule has 0 saturated heterocycles. The summed E-state index contributed by atoms with van der Waals surface area (Å²) in [6.45, 7) is 6.53. The van der Waals surface area contributed by atoms with E-state index in [9.17, 15) is 8.78 Å². The Balaban J connectivity index is 2.31. The molecule has 19 heavy (non-hydrogen) atoms. The van der Waals surface area contributed by atoms with E-state index in [1.165, 1.54) is 18.2 Å². The molecule has 0 fully saturated rings. The molecule has 1 N–H and O–H groups in total. The van der Waals surface area contributed by atoms with E-state index < -0.39 is 11.6 Å². The zero-order chi connectivity index (χ0) is 13.8. The lowest BCUT2D eigenvalue weighted by Gasteiger charge is -2.08. The molecule has 96 valence electrons. The van der Waals surface area contributed by atoms with Gasteiger partial charge in [0.2, 0.25) is 0 Å². The van der Waals surface area contributed by atoms with Crippen molar-refractivity contribution >= 4 is 5.69 Å². The lowest BCUT2D eigenvalue weighted by Crippen LogP contribution is -1.91. The first-order chi connectivity index (χ1) is 9.12. The van der Waals surface area contributed by atoms with Crippen molar-refractivity contribution in [3.63, 3.8) is 0 Å². The summed E-state index contributed by atoms with van der Waals surface area (Å²) in [6, 6.07) is 7.40. The topological polar surface area (TPSA) is 33.8 Å². The lowest BCUT2D eigenvalue weighted by atomic mass is 10.2. The summed E-state index contributed by atoms with van der Waals surface area (Å²) in [5, 5.41) is 8.86. The quantitative estimate of drug-likeness (QED) is 0.852. The largest absolute Gasteiger partial charge is 0.456 e. The summed E-state index contributed by atoms with van der Waals surface area (Å²) in [7, 11) is 0. The number of ether oxygens (including phenoxy) is 1. The lowest BCUT2D eigenvalue weighted by molar-refractivity contribution is 0.281. The molecule has 0 aliphatic rings. The minimum atomic E-state index is -0.667. The zero-order valence-corrected chi connectivity index (χ0v) is 9.73. The first-order valence-corrected chi connectivity index (χ1v) is 5.37. The van der Waals surface area contributed by atoms with Crippen LogP contribution in [0.5, 0.6) is 11.5 Å². The molecule has 2 rings (SSSR count). The first kappa shape index (κ1) is 13.0. The zero-order valence-electron chi connectivity index (χ0n) is 9.73. The number of aliphatic hydroxyl groups excluding tert-OH is 1. The highest BCUT2D eigenvalue weighted by atomic mass is 19.1. The average Bonchev–Trinajstić information content (AvgIpc) is 2.40. The molecule has 0 unspecified atom stereocenters. The second kappa shape index (κ2) is 5.46. The van der Waals surface area contributed by atoms with Gasteiger partial charge in [0.15, 0.2) is 17.3 Å². The summed E-state index contributed by atoms with van der Waals surface area (Å²) >= 11 is 0. The molecule has 0 bridgehead atoms. The van der Waals surface area contributed by atoms with Gasteiger partial charge in [-0.3, -0.25) is 0 Å². The Morgan fingerprint density at radius 3 is 2.58 bits per heavy atom. The van der Waals surface area contributed by atoms with Crippen LogP contribution in [0.15, 0.2) is 36.4 Å². The van der Waals surface area contributed by atoms with E-state index in [-0.39, 0.29) is 23.8 Å². The van der Waals surface area contributed by atoms with Gasteiger partial charge in [-0.2, -0.15) is 0 Å². The molecule has 0 amide bonds. The summed E-state index contributed by atoms with van der Waals surface area (Å²) < 4.78 is 32.0. The van der Waals surface area contributed by atoms with Gasteiger partial charge >= 0.3 is 0 Å². The minimum absolute atomic E-state index is 0.0432. The van der Waals surface area contributed by atoms with Crippen molar-refractivity contribution in [2.45, 2.75) is 6.61 Å². The van der Waals surface area contributed by atoms with Crippen molar-refractivity contribution in [2.24, 2.45) is 0 Å². The van der Waals surface area contributed by atoms with Crippen LogP contribution in [-0.4, -0.2) is 5.11 Å². The SMILES string of the molecule is [C-]#[N+]c1cc(F)cc(Oc2ccc(CO)cc2F)c1. The van der Waals surface area contributed by atoms with Gasteiger partial charge in [0.25, 0.3) is 0 Å². The van der Waals surface area contributed by atoms with Gasteiger partial charge in [-0.05, 0) is 29.8 Å². The molecule has 0 radical (unpaired) electrons.